The van der Waals surface area contributed by atoms with Crippen molar-refractivity contribution in [1.29, 1.82) is 0 Å². The van der Waals surface area contributed by atoms with E-state index in [0.717, 1.165) is 31.2 Å². The predicted molar refractivity (Wildman–Crippen MR) is 90.9 cm³/mol. The minimum absolute atomic E-state index is 0.469. The van der Waals surface area contributed by atoms with Gasteiger partial charge in [0.05, 0.1) is 5.02 Å². The van der Waals surface area contributed by atoms with E-state index in [1.165, 1.54) is 15.0 Å². The van der Waals surface area contributed by atoms with Gasteiger partial charge in [0.25, 0.3) is 0 Å². The zero-order chi connectivity index (χ0) is 14.5. The van der Waals surface area contributed by atoms with Crippen molar-refractivity contribution in [2.24, 2.45) is 0 Å². The number of hydrogen-bond donors (Lipinski definition) is 1. The molecule has 2 nitrogen and oxygen atoms in total. The fourth-order valence-electron chi connectivity index (χ4n) is 2.38. The van der Waals surface area contributed by atoms with Gasteiger partial charge in [-0.25, -0.2) is 0 Å². The summed E-state index contributed by atoms with van der Waals surface area (Å²) < 4.78 is 1.27. The van der Waals surface area contributed by atoms with E-state index in [-0.39, 0.29) is 0 Å². The number of rotatable bonds is 7. The summed E-state index contributed by atoms with van der Waals surface area (Å²) in [6.07, 6.45) is 0. The van der Waals surface area contributed by atoms with Crippen LogP contribution in [0, 0.1) is 0 Å². The molecule has 1 N–H and O–H groups in total. The molecule has 110 valence electrons. The maximum atomic E-state index is 6.46. The molecule has 0 amide bonds. The number of halogens is 1. The van der Waals surface area contributed by atoms with Gasteiger partial charge in [-0.05, 0) is 26.1 Å². The Morgan fingerprint density at radius 2 is 1.95 bits per heavy atom. The standard InChI is InChI=1S/C16H23ClN2S/c1-4-19(5-2)11-12(3)18-10-15-16(17)13-8-6-7-9-14(13)20-15/h6-9,12,18H,4-5,10-11H2,1-3H3. The zero-order valence-corrected chi connectivity index (χ0v) is 14.0. The predicted octanol–water partition coefficient (Wildman–Crippen LogP) is 4.37. The molecule has 2 aromatic rings. The summed E-state index contributed by atoms with van der Waals surface area (Å²) in [6, 6.07) is 8.80. The molecule has 1 aromatic carbocycles. The van der Waals surface area contributed by atoms with Crippen LogP contribution in [0.15, 0.2) is 24.3 Å². The van der Waals surface area contributed by atoms with Crippen LogP contribution in [0.1, 0.15) is 25.6 Å². The molecule has 1 aromatic heterocycles. The molecule has 0 spiro atoms. The molecule has 0 saturated heterocycles. The Bertz CT molecular complexity index is 548. The number of benzene rings is 1. The highest BCUT2D eigenvalue weighted by Crippen LogP contribution is 2.34. The first-order chi connectivity index (χ1) is 9.65. The van der Waals surface area contributed by atoms with E-state index in [4.69, 9.17) is 11.6 Å². The molecule has 20 heavy (non-hydrogen) atoms. The lowest BCUT2D eigenvalue weighted by molar-refractivity contribution is 0.271. The van der Waals surface area contributed by atoms with Crippen LogP contribution in [-0.4, -0.2) is 30.6 Å². The Morgan fingerprint density at radius 3 is 2.60 bits per heavy atom. The number of nitrogens with zero attached hydrogens (tertiary/aromatic N) is 1. The number of thiophene rings is 1. The smallest absolute Gasteiger partial charge is 0.0636 e. The van der Waals surface area contributed by atoms with Crippen LogP contribution in [0.2, 0.25) is 5.02 Å². The Labute approximate surface area is 130 Å². The van der Waals surface area contributed by atoms with Crippen LogP contribution in [-0.2, 0) is 6.54 Å². The van der Waals surface area contributed by atoms with Crippen molar-refractivity contribution in [3.8, 4) is 0 Å². The first-order valence-electron chi connectivity index (χ1n) is 7.27. The molecule has 2 rings (SSSR count). The van der Waals surface area contributed by atoms with E-state index in [1.54, 1.807) is 11.3 Å². The van der Waals surface area contributed by atoms with E-state index in [1.807, 2.05) is 6.07 Å². The molecule has 0 bridgehead atoms. The summed E-state index contributed by atoms with van der Waals surface area (Å²) in [5.74, 6) is 0. The van der Waals surface area contributed by atoms with E-state index in [0.29, 0.717) is 6.04 Å². The molecule has 4 heteroatoms. The third kappa shape index (κ3) is 3.73. The van der Waals surface area contributed by atoms with Crippen LogP contribution in [0.25, 0.3) is 10.1 Å². The molecule has 0 radical (unpaired) electrons. The van der Waals surface area contributed by atoms with Crippen LogP contribution in [0.4, 0.5) is 0 Å². The molecular weight excluding hydrogens is 288 g/mol. The lowest BCUT2D eigenvalue weighted by Crippen LogP contribution is -2.38. The van der Waals surface area contributed by atoms with Gasteiger partial charge >= 0.3 is 0 Å². The maximum Gasteiger partial charge on any atom is 0.0636 e. The van der Waals surface area contributed by atoms with Gasteiger partial charge in [0.15, 0.2) is 0 Å². The van der Waals surface area contributed by atoms with Gasteiger partial charge in [-0.2, -0.15) is 0 Å². The van der Waals surface area contributed by atoms with E-state index in [9.17, 15) is 0 Å². The quantitative estimate of drug-likeness (QED) is 0.816. The number of nitrogens with one attached hydrogen (secondary N) is 1. The molecular formula is C16H23ClN2S. The van der Waals surface area contributed by atoms with Gasteiger partial charge in [-0.1, -0.05) is 43.6 Å². The molecule has 1 unspecified atom stereocenters. The van der Waals surface area contributed by atoms with Gasteiger partial charge < -0.3 is 10.2 Å². The summed E-state index contributed by atoms with van der Waals surface area (Å²) in [5.41, 5.74) is 0. The van der Waals surface area contributed by atoms with E-state index >= 15 is 0 Å². The van der Waals surface area contributed by atoms with Crippen LogP contribution < -0.4 is 5.32 Å². The van der Waals surface area contributed by atoms with Crippen molar-refractivity contribution in [2.45, 2.75) is 33.4 Å². The lowest BCUT2D eigenvalue weighted by Gasteiger charge is -2.23. The SMILES string of the molecule is CCN(CC)CC(C)NCc1sc2ccccc2c1Cl. The highest BCUT2D eigenvalue weighted by atomic mass is 35.5. The lowest BCUT2D eigenvalue weighted by atomic mass is 10.2. The zero-order valence-electron chi connectivity index (χ0n) is 12.4. The van der Waals surface area contributed by atoms with Crippen molar-refractivity contribution in [1.82, 2.24) is 10.2 Å². The molecule has 0 saturated carbocycles. The molecule has 0 aliphatic carbocycles. The minimum Gasteiger partial charge on any atom is -0.308 e. The molecule has 1 atom stereocenters. The van der Waals surface area contributed by atoms with E-state index in [2.05, 4.69) is 49.2 Å². The van der Waals surface area contributed by atoms with Gasteiger partial charge in [0.1, 0.15) is 0 Å². The second kappa shape index (κ2) is 7.41. The molecule has 1 heterocycles. The maximum absolute atomic E-state index is 6.46. The van der Waals surface area contributed by atoms with Gasteiger partial charge in [-0.15, -0.1) is 11.3 Å². The van der Waals surface area contributed by atoms with Crippen molar-refractivity contribution < 1.29 is 0 Å². The minimum atomic E-state index is 0.469. The van der Waals surface area contributed by atoms with E-state index < -0.39 is 0 Å². The molecule has 0 fully saturated rings. The number of likely N-dealkylation sites (N-methyl/N-ethyl adjacent to an activating group) is 1. The average Bonchev–Trinajstić information content (AvgIpc) is 2.79. The number of fused-ring (bicyclic) bond motifs is 1. The van der Waals surface area contributed by atoms with Gasteiger partial charge in [0, 0.05) is 34.1 Å². The van der Waals surface area contributed by atoms with Crippen molar-refractivity contribution in [2.75, 3.05) is 19.6 Å². The van der Waals surface area contributed by atoms with Crippen LogP contribution in [0.3, 0.4) is 0 Å². The fraction of sp³-hybridized carbons (Fsp3) is 0.500. The third-order valence-corrected chi connectivity index (χ3v) is 5.35. The fourth-order valence-corrected chi connectivity index (χ4v) is 3.83. The van der Waals surface area contributed by atoms with Gasteiger partial charge in [-0.3, -0.25) is 0 Å². The second-order valence-corrected chi connectivity index (χ2v) is 6.62. The molecule has 0 aliphatic rings. The highest BCUT2D eigenvalue weighted by Gasteiger charge is 2.11. The van der Waals surface area contributed by atoms with Crippen molar-refractivity contribution >= 4 is 33.0 Å². The first kappa shape index (κ1) is 15.8. The highest BCUT2D eigenvalue weighted by molar-refractivity contribution is 7.19. The Morgan fingerprint density at radius 1 is 1.25 bits per heavy atom. The Kier molecular flexibility index (Phi) is 5.85. The summed E-state index contributed by atoms with van der Waals surface area (Å²) in [5, 5.41) is 5.67. The van der Waals surface area contributed by atoms with Crippen LogP contribution >= 0.6 is 22.9 Å². The normalized spacial score (nSPS) is 13.2. The first-order valence-corrected chi connectivity index (χ1v) is 8.46. The topological polar surface area (TPSA) is 15.3 Å². The summed E-state index contributed by atoms with van der Waals surface area (Å²) in [6.45, 7) is 10.8. The largest absolute Gasteiger partial charge is 0.308 e. The van der Waals surface area contributed by atoms with Crippen molar-refractivity contribution in [3.63, 3.8) is 0 Å². The summed E-state index contributed by atoms with van der Waals surface area (Å²) in [7, 11) is 0. The Balaban J connectivity index is 1.97. The monoisotopic (exact) mass is 310 g/mol. The second-order valence-electron chi connectivity index (χ2n) is 5.10. The third-order valence-electron chi connectivity index (χ3n) is 3.64. The number of hydrogen-bond acceptors (Lipinski definition) is 3. The van der Waals surface area contributed by atoms with Crippen molar-refractivity contribution in [3.05, 3.63) is 34.2 Å². The average molecular weight is 311 g/mol. The summed E-state index contributed by atoms with van der Waals surface area (Å²) >= 11 is 8.25. The molecule has 0 aliphatic heterocycles. The summed E-state index contributed by atoms with van der Waals surface area (Å²) in [4.78, 5) is 3.67. The Hall–Kier alpha value is -0.610. The van der Waals surface area contributed by atoms with Gasteiger partial charge in [0.2, 0.25) is 0 Å². The van der Waals surface area contributed by atoms with Crippen LogP contribution in [0.5, 0.6) is 0 Å².